The Hall–Kier alpha value is -1.07. The summed E-state index contributed by atoms with van der Waals surface area (Å²) < 4.78 is 2.13. The summed E-state index contributed by atoms with van der Waals surface area (Å²) in [4.78, 5) is 6.74. The number of nitrogens with zero attached hydrogens (tertiary/aromatic N) is 2. The Morgan fingerprint density at radius 3 is 2.38 bits per heavy atom. The Balaban J connectivity index is 1.98. The summed E-state index contributed by atoms with van der Waals surface area (Å²) in [5.41, 5.74) is 2.25. The fourth-order valence-corrected chi connectivity index (χ4v) is 2.75. The molecule has 0 aliphatic carbocycles. The molecule has 1 N–H and O–H groups in total. The number of pyridine rings is 1. The first-order valence-corrected chi connectivity index (χ1v) is 8.61. The lowest BCUT2D eigenvalue weighted by Crippen LogP contribution is -2.22. The number of hydrogen-bond acceptors (Lipinski definition) is 3. The van der Waals surface area contributed by atoms with Crippen molar-refractivity contribution in [1.29, 1.82) is 0 Å². The third-order valence-electron chi connectivity index (χ3n) is 3.32. The molecular weight excluding hydrogens is 394 g/mol. The Morgan fingerprint density at radius 1 is 1.05 bits per heavy atom. The van der Waals surface area contributed by atoms with Gasteiger partial charge in [0.15, 0.2) is 0 Å². The highest BCUT2D eigenvalue weighted by molar-refractivity contribution is 9.13. The van der Waals surface area contributed by atoms with Crippen LogP contribution in [0.3, 0.4) is 0 Å². The zero-order valence-corrected chi connectivity index (χ0v) is 15.4. The van der Waals surface area contributed by atoms with Crippen LogP contribution in [0.1, 0.15) is 19.4 Å². The van der Waals surface area contributed by atoms with Gasteiger partial charge in [0, 0.05) is 28.6 Å². The van der Waals surface area contributed by atoms with Gasteiger partial charge in [0.1, 0.15) is 5.82 Å². The Morgan fingerprint density at radius 2 is 1.81 bits per heavy atom. The minimum atomic E-state index is 0.776. The number of benzene rings is 1. The number of anilines is 2. The zero-order chi connectivity index (χ0) is 15.2. The van der Waals surface area contributed by atoms with Gasteiger partial charge >= 0.3 is 0 Å². The summed E-state index contributed by atoms with van der Waals surface area (Å²) >= 11 is 7.00. The molecule has 0 saturated heterocycles. The fraction of sp³-hybridized carbons (Fsp3) is 0.312. The Bertz CT molecular complexity index is 581. The smallest absolute Gasteiger partial charge is 0.128 e. The quantitative estimate of drug-likeness (QED) is 0.718. The molecule has 0 atom stereocenters. The van der Waals surface area contributed by atoms with Crippen LogP contribution in [0.15, 0.2) is 45.5 Å². The minimum absolute atomic E-state index is 0.776. The van der Waals surface area contributed by atoms with Crippen molar-refractivity contribution in [1.82, 2.24) is 4.98 Å². The van der Waals surface area contributed by atoms with Gasteiger partial charge in [0.05, 0.1) is 11.9 Å². The normalized spacial score (nSPS) is 10.5. The molecule has 0 bridgehead atoms. The van der Waals surface area contributed by atoms with E-state index in [-0.39, 0.29) is 0 Å². The molecule has 0 fully saturated rings. The van der Waals surface area contributed by atoms with Crippen molar-refractivity contribution >= 4 is 43.4 Å². The largest absolute Gasteiger partial charge is 0.380 e. The molecule has 0 radical (unpaired) electrons. The first kappa shape index (κ1) is 16.3. The summed E-state index contributed by atoms with van der Waals surface area (Å²) in [6.07, 6.45) is 1.89. The Labute approximate surface area is 143 Å². The molecule has 1 heterocycles. The molecule has 0 unspecified atom stereocenters. The summed E-state index contributed by atoms with van der Waals surface area (Å²) in [5, 5.41) is 3.39. The zero-order valence-electron chi connectivity index (χ0n) is 12.2. The molecule has 2 rings (SSSR count). The third kappa shape index (κ3) is 4.45. The van der Waals surface area contributed by atoms with E-state index < -0.39 is 0 Å². The van der Waals surface area contributed by atoms with Gasteiger partial charge in [-0.15, -0.1) is 0 Å². The lowest BCUT2D eigenvalue weighted by atomic mass is 10.2. The maximum atomic E-state index is 4.51. The van der Waals surface area contributed by atoms with Crippen molar-refractivity contribution < 1.29 is 0 Å². The molecule has 1 aromatic carbocycles. The van der Waals surface area contributed by atoms with Crippen molar-refractivity contribution in [2.45, 2.75) is 20.4 Å². The van der Waals surface area contributed by atoms with E-state index in [1.165, 1.54) is 5.56 Å². The molecular formula is C16H19Br2N3. The van der Waals surface area contributed by atoms with Crippen molar-refractivity contribution in [3.05, 3.63) is 51.0 Å². The van der Waals surface area contributed by atoms with E-state index in [0.717, 1.165) is 40.1 Å². The molecule has 0 saturated carbocycles. The van der Waals surface area contributed by atoms with Crippen LogP contribution < -0.4 is 10.2 Å². The van der Waals surface area contributed by atoms with E-state index in [1.54, 1.807) is 0 Å². The molecule has 0 amide bonds. The van der Waals surface area contributed by atoms with Crippen LogP contribution in [-0.4, -0.2) is 18.1 Å². The van der Waals surface area contributed by atoms with Crippen LogP contribution >= 0.6 is 31.9 Å². The summed E-state index contributed by atoms with van der Waals surface area (Å²) in [7, 11) is 0. The van der Waals surface area contributed by atoms with Crippen LogP contribution in [0.4, 0.5) is 11.5 Å². The van der Waals surface area contributed by atoms with Gasteiger partial charge in [-0.2, -0.15) is 0 Å². The van der Waals surface area contributed by atoms with Crippen molar-refractivity contribution in [3.8, 4) is 0 Å². The summed E-state index contributed by atoms with van der Waals surface area (Å²) in [5.74, 6) is 1.02. The topological polar surface area (TPSA) is 28.2 Å². The first-order valence-electron chi connectivity index (χ1n) is 7.02. The van der Waals surface area contributed by atoms with Gasteiger partial charge in [-0.05, 0) is 75.5 Å². The van der Waals surface area contributed by atoms with Gasteiger partial charge in [-0.25, -0.2) is 4.98 Å². The van der Waals surface area contributed by atoms with E-state index in [0.29, 0.717) is 0 Å². The molecule has 3 nitrogen and oxygen atoms in total. The molecule has 0 spiro atoms. The van der Waals surface area contributed by atoms with Crippen LogP contribution in [0.2, 0.25) is 0 Å². The van der Waals surface area contributed by atoms with Gasteiger partial charge < -0.3 is 10.2 Å². The second kappa shape index (κ2) is 7.80. The molecule has 112 valence electrons. The maximum Gasteiger partial charge on any atom is 0.128 e. The predicted molar refractivity (Wildman–Crippen MR) is 97.0 cm³/mol. The van der Waals surface area contributed by atoms with Crippen molar-refractivity contribution in [3.63, 3.8) is 0 Å². The predicted octanol–water partition coefficient (Wildman–Crippen LogP) is 5.06. The van der Waals surface area contributed by atoms with Crippen LogP contribution in [0, 0.1) is 0 Å². The van der Waals surface area contributed by atoms with E-state index in [2.05, 4.69) is 85.2 Å². The highest BCUT2D eigenvalue weighted by atomic mass is 79.9. The van der Waals surface area contributed by atoms with Crippen molar-refractivity contribution in [2.24, 2.45) is 0 Å². The second-order valence-electron chi connectivity index (χ2n) is 4.68. The monoisotopic (exact) mass is 411 g/mol. The number of hydrogen-bond donors (Lipinski definition) is 1. The summed E-state index contributed by atoms with van der Waals surface area (Å²) in [6.45, 7) is 7.01. The van der Waals surface area contributed by atoms with E-state index >= 15 is 0 Å². The number of aromatic nitrogens is 1. The number of halogens is 2. The number of rotatable bonds is 6. The average molecular weight is 413 g/mol. The highest BCUT2D eigenvalue weighted by Crippen LogP contribution is 2.24. The van der Waals surface area contributed by atoms with Crippen molar-refractivity contribution in [2.75, 3.05) is 23.3 Å². The SMILES string of the molecule is CCN(CC)c1ccc(NCc2ccc(Br)c(Br)c2)cn1. The van der Waals surface area contributed by atoms with Crippen LogP contribution in [0.25, 0.3) is 0 Å². The highest BCUT2D eigenvalue weighted by Gasteiger charge is 2.03. The standard InChI is InChI=1S/C16H19Br2N3/c1-3-21(4-2)16-8-6-13(11-20-16)19-10-12-5-7-14(17)15(18)9-12/h5-9,11,19H,3-4,10H2,1-2H3. The van der Waals surface area contributed by atoms with E-state index in [1.807, 2.05) is 12.3 Å². The van der Waals surface area contributed by atoms with Gasteiger partial charge in [0.25, 0.3) is 0 Å². The minimum Gasteiger partial charge on any atom is -0.380 e. The second-order valence-corrected chi connectivity index (χ2v) is 6.39. The third-order valence-corrected chi connectivity index (χ3v) is 5.20. The molecule has 0 aliphatic rings. The van der Waals surface area contributed by atoms with Gasteiger partial charge in [0.2, 0.25) is 0 Å². The van der Waals surface area contributed by atoms with Crippen LogP contribution in [0.5, 0.6) is 0 Å². The average Bonchev–Trinajstić information content (AvgIpc) is 2.51. The lowest BCUT2D eigenvalue weighted by molar-refractivity contribution is 0.846. The molecule has 21 heavy (non-hydrogen) atoms. The van der Waals surface area contributed by atoms with Gasteiger partial charge in [-0.3, -0.25) is 0 Å². The maximum absolute atomic E-state index is 4.51. The Kier molecular flexibility index (Phi) is 6.06. The molecule has 5 heteroatoms. The van der Waals surface area contributed by atoms with Gasteiger partial charge in [-0.1, -0.05) is 6.07 Å². The molecule has 1 aromatic heterocycles. The molecule has 0 aliphatic heterocycles. The summed E-state index contributed by atoms with van der Waals surface area (Å²) in [6, 6.07) is 10.4. The fourth-order valence-electron chi connectivity index (χ4n) is 2.08. The van der Waals surface area contributed by atoms with E-state index in [4.69, 9.17) is 0 Å². The number of nitrogens with one attached hydrogen (secondary N) is 1. The van der Waals surface area contributed by atoms with Crippen LogP contribution in [-0.2, 0) is 6.54 Å². The molecule has 2 aromatic rings. The van der Waals surface area contributed by atoms with E-state index in [9.17, 15) is 0 Å². The lowest BCUT2D eigenvalue weighted by Gasteiger charge is -2.19. The first-order chi connectivity index (χ1) is 10.1.